The van der Waals surface area contributed by atoms with Crippen LogP contribution in [0.2, 0.25) is 0 Å². The van der Waals surface area contributed by atoms with E-state index >= 15 is 0 Å². The second-order valence-electron chi connectivity index (χ2n) is 5.98. The molecule has 2 aromatic rings. The van der Waals surface area contributed by atoms with E-state index in [9.17, 15) is 18.8 Å². The zero-order valence-electron chi connectivity index (χ0n) is 14.6. The molecule has 1 saturated heterocycles. The fourth-order valence-electron chi connectivity index (χ4n) is 2.90. The first-order valence-electron chi connectivity index (χ1n) is 8.36. The number of hydrogen-bond acceptors (Lipinski definition) is 4. The lowest BCUT2D eigenvalue weighted by Crippen LogP contribution is -2.49. The fraction of sp³-hybridized carbons (Fsp3) is 0.211. The van der Waals surface area contributed by atoms with Gasteiger partial charge in [0.15, 0.2) is 6.61 Å². The highest BCUT2D eigenvalue weighted by atomic mass is 19.1. The summed E-state index contributed by atoms with van der Waals surface area (Å²) in [7, 11) is 0. The number of carbonyl (C=O) groups excluding carboxylic acids is 3. The van der Waals surface area contributed by atoms with Crippen molar-refractivity contribution in [3.05, 3.63) is 66.0 Å². The Hall–Kier alpha value is -3.42. The summed E-state index contributed by atoms with van der Waals surface area (Å²) in [6.07, 6.45) is 0.313. The number of hydrazine groups is 1. The average Bonchev–Trinajstić information content (AvgIpc) is 2.92. The van der Waals surface area contributed by atoms with E-state index in [1.807, 2.05) is 0 Å². The highest BCUT2D eigenvalue weighted by Crippen LogP contribution is 2.31. The standard InChI is InChI=1S/C19H18FN3O4/c1-2-19(13-7-4-3-5-8-13)17(25)23(18(26)21-19)22-16(24)12-27-15-10-6-9-14(20)11-15/h3-11H,2,12H2,1H3,(H,21,26)(H,22,24)/t19-/m0/s1. The van der Waals surface area contributed by atoms with Gasteiger partial charge in [0.05, 0.1) is 0 Å². The van der Waals surface area contributed by atoms with Crippen LogP contribution in [-0.2, 0) is 15.1 Å². The molecule has 0 radical (unpaired) electrons. The van der Waals surface area contributed by atoms with Crippen LogP contribution in [0, 0.1) is 5.82 Å². The predicted molar refractivity (Wildman–Crippen MR) is 93.8 cm³/mol. The highest BCUT2D eigenvalue weighted by molar-refractivity contribution is 6.08. The molecule has 140 valence electrons. The van der Waals surface area contributed by atoms with Gasteiger partial charge in [0.2, 0.25) is 0 Å². The molecule has 0 aromatic heterocycles. The van der Waals surface area contributed by atoms with Crippen molar-refractivity contribution in [2.75, 3.05) is 6.61 Å². The molecule has 1 heterocycles. The van der Waals surface area contributed by atoms with Gasteiger partial charge in [-0.25, -0.2) is 9.18 Å². The molecular formula is C19H18FN3O4. The summed E-state index contributed by atoms with van der Waals surface area (Å²) in [5.74, 6) is -1.64. The molecule has 1 aliphatic rings. The normalized spacial score (nSPS) is 19.0. The van der Waals surface area contributed by atoms with Crippen LogP contribution < -0.4 is 15.5 Å². The summed E-state index contributed by atoms with van der Waals surface area (Å²) < 4.78 is 18.3. The molecule has 3 rings (SSSR count). The number of amides is 4. The molecule has 1 aliphatic heterocycles. The average molecular weight is 371 g/mol. The molecule has 0 aliphatic carbocycles. The summed E-state index contributed by atoms with van der Waals surface area (Å²) in [5.41, 5.74) is 1.62. The fourth-order valence-corrected chi connectivity index (χ4v) is 2.90. The predicted octanol–water partition coefficient (Wildman–Crippen LogP) is 2.09. The first-order chi connectivity index (χ1) is 13.0. The van der Waals surface area contributed by atoms with Gasteiger partial charge in [-0.1, -0.05) is 43.3 Å². The van der Waals surface area contributed by atoms with Gasteiger partial charge in [0, 0.05) is 6.07 Å². The Morgan fingerprint density at radius 2 is 1.93 bits per heavy atom. The van der Waals surface area contributed by atoms with Crippen molar-refractivity contribution in [3.63, 3.8) is 0 Å². The SMILES string of the molecule is CC[C@@]1(c2ccccc2)NC(=O)N(NC(=O)COc2cccc(F)c2)C1=O. The van der Waals surface area contributed by atoms with E-state index in [1.54, 1.807) is 37.3 Å². The van der Waals surface area contributed by atoms with Gasteiger partial charge in [-0.2, -0.15) is 5.01 Å². The van der Waals surface area contributed by atoms with E-state index < -0.39 is 35.8 Å². The zero-order valence-corrected chi connectivity index (χ0v) is 14.6. The minimum Gasteiger partial charge on any atom is -0.484 e. The van der Waals surface area contributed by atoms with E-state index in [-0.39, 0.29) is 5.75 Å². The summed E-state index contributed by atoms with van der Waals surface area (Å²) in [6.45, 7) is 1.29. The number of rotatable bonds is 6. The van der Waals surface area contributed by atoms with Crippen molar-refractivity contribution in [3.8, 4) is 5.75 Å². The summed E-state index contributed by atoms with van der Waals surface area (Å²) in [4.78, 5) is 37.2. The van der Waals surface area contributed by atoms with Crippen LogP contribution in [0.4, 0.5) is 9.18 Å². The Labute approximate surface area is 155 Å². The van der Waals surface area contributed by atoms with Crippen LogP contribution in [-0.4, -0.2) is 29.5 Å². The number of ether oxygens (including phenoxy) is 1. The van der Waals surface area contributed by atoms with E-state index in [0.717, 1.165) is 6.07 Å². The monoisotopic (exact) mass is 371 g/mol. The number of hydrogen-bond donors (Lipinski definition) is 2. The zero-order chi connectivity index (χ0) is 19.4. The maximum atomic E-state index is 13.1. The van der Waals surface area contributed by atoms with Crippen molar-refractivity contribution < 1.29 is 23.5 Å². The minimum atomic E-state index is -1.24. The van der Waals surface area contributed by atoms with Crippen LogP contribution in [0.5, 0.6) is 5.75 Å². The summed E-state index contributed by atoms with van der Waals surface area (Å²) in [5, 5.41) is 3.30. The summed E-state index contributed by atoms with van der Waals surface area (Å²) in [6, 6.07) is 13.4. The summed E-state index contributed by atoms with van der Waals surface area (Å²) >= 11 is 0. The third kappa shape index (κ3) is 3.59. The Morgan fingerprint density at radius 3 is 2.59 bits per heavy atom. The first kappa shape index (κ1) is 18.4. The quantitative estimate of drug-likeness (QED) is 0.761. The van der Waals surface area contributed by atoms with Gasteiger partial charge in [-0.3, -0.25) is 15.0 Å². The molecular weight excluding hydrogens is 353 g/mol. The second kappa shape index (κ2) is 7.45. The third-order valence-electron chi connectivity index (χ3n) is 4.29. The molecule has 2 aromatic carbocycles. The van der Waals surface area contributed by atoms with E-state index in [1.165, 1.54) is 18.2 Å². The number of carbonyl (C=O) groups is 3. The Morgan fingerprint density at radius 1 is 1.19 bits per heavy atom. The largest absolute Gasteiger partial charge is 0.484 e. The number of benzene rings is 2. The Kier molecular flexibility index (Phi) is 5.07. The van der Waals surface area contributed by atoms with Gasteiger partial charge in [0.1, 0.15) is 17.1 Å². The lowest BCUT2D eigenvalue weighted by Gasteiger charge is -2.25. The number of nitrogens with one attached hydrogen (secondary N) is 2. The van der Waals surface area contributed by atoms with Crippen molar-refractivity contribution >= 4 is 17.8 Å². The van der Waals surface area contributed by atoms with Gasteiger partial charge >= 0.3 is 6.03 Å². The van der Waals surface area contributed by atoms with Crippen LogP contribution in [0.1, 0.15) is 18.9 Å². The van der Waals surface area contributed by atoms with E-state index in [0.29, 0.717) is 17.0 Å². The van der Waals surface area contributed by atoms with Crippen LogP contribution in [0.3, 0.4) is 0 Å². The third-order valence-corrected chi connectivity index (χ3v) is 4.29. The van der Waals surface area contributed by atoms with Crippen LogP contribution in [0.25, 0.3) is 0 Å². The van der Waals surface area contributed by atoms with Gasteiger partial charge in [0.25, 0.3) is 11.8 Å². The van der Waals surface area contributed by atoms with Crippen LogP contribution >= 0.6 is 0 Å². The van der Waals surface area contributed by atoms with Gasteiger partial charge in [-0.15, -0.1) is 0 Å². The maximum Gasteiger partial charge on any atom is 0.344 e. The molecule has 7 nitrogen and oxygen atoms in total. The maximum absolute atomic E-state index is 13.1. The van der Waals surface area contributed by atoms with Gasteiger partial charge < -0.3 is 10.1 Å². The highest BCUT2D eigenvalue weighted by Gasteiger charge is 2.52. The lowest BCUT2D eigenvalue weighted by atomic mass is 9.87. The molecule has 8 heteroatoms. The van der Waals surface area contributed by atoms with Crippen molar-refractivity contribution in [2.45, 2.75) is 18.9 Å². The number of nitrogens with zero attached hydrogens (tertiary/aromatic N) is 1. The van der Waals surface area contributed by atoms with E-state index in [2.05, 4.69) is 10.7 Å². The Bertz CT molecular complexity index is 874. The number of halogens is 1. The lowest BCUT2D eigenvalue weighted by molar-refractivity contribution is -0.140. The molecule has 0 spiro atoms. The van der Waals surface area contributed by atoms with Crippen LogP contribution in [0.15, 0.2) is 54.6 Å². The number of imide groups is 1. The van der Waals surface area contributed by atoms with Crippen molar-refractivity contribution in [1.29, 1.82) is 0 Å². The smallest absolute Gasteiger partial charge is 0.344 e. The number of urea groups is 1. The molecule has 0 saturated carbocycles. The molecule has 2 N–H and O–H groups in total. The Balaban J connectivity index is 1.69. The molecule has 27 heavy (non-hydrogen) atoms. The molecule has 1 atom stereocenters. The second-order valence-corrected chi connectivity index (χ2v) is 5.98. The van der Waals surface area contributed by atoms with Crippen molar-refractivity contribution in [1.82, 2.24) is 15.8 Å². The van der Waals surface area contributed by atoms with Gasteiger partial charge in [-0.05, 0) is 24.1 Å². The minimum absolute atomic E-state index is 0.162. The topological polar surface area (TPSA) is 87.7 Å². The van der Waals surface area contributed by atoms with E-state index in [4.69, 9.17) is 4.74 Å². The van der Waals surface area contributed by atoms with Crippen molar-refractivity contribution in [2.24, 2.45) is 0 Å². The molecule has 1 fully saturated rings. The molecule has 0 unspecified atom stereocenters. The molecule has 0 bridgehead atoms. The molecule has 4 amide bonds. The first-order valence-corrected chi connectivity index (χ1v) is 8.36.